The van der Waals surface area contributed by atoms with E-state index in [-0.39, 0.29) is 24.9 Å². The molecule has 0 bridgehead atoms. The predicted octanol–water partition coefficient (Wildman–Crippen LogP) is 4.47. The number of benzene rings is 2. The topological polar surface area (TPSA) is 115 Å². The van der Waals surface area contributed by atoms with Crippen LogP contribution in [0.2, 0.25) is 0 Å². The van der Waals surface area contributed by atoms with E-state index in [0.29, 0.717) is 39.9 Å². The molecule has 0 fully saturated rings. The van der Waals surface area contributed by atoms with Gasteiger partial charge in [-0.1, -0.05) is 18.2 Å². The average molecular weight is 470 g/mol. The van der Waals surface area contributed by atoms with E-state index in [1.54, 1.807) is 42.9 Å². The molecule has 0 unspecified atom stereocenters. The highest BCUT2D eigenvalue weighted by atomic mass is 16.4. The molecule has 0 aliphatic rings. The number of aryl methyl sites for hydroxylation is 2. The fourth-order valence-corrected chi connectivity index (χ4v) is 3.79. The normalized spacial score (nSPS) is 11.0. The van der Waals surface area contributed by atoms with Gasteiger partial charge in [0.15, 0.2) is 0 Å². The summed E-state index contributed by atoms with van der Waals surface area (Å²) in [6.45, 7) is 3.92. The van der Waals surface area contributed by atoms with Crippen molar-refractivity contribution in [2.24, 2.45) is 0 Å². The minimum atomic E-state index is -0.258. The highest BCUT2D eigenvalue weighted by Gasteiger charge is 2.15. The van der Waals surface area contributed by atoms with Crippen molar-refractivity contribution in [3.8, 4) is 11.5 Å². The molecule has 35 heavy (non-hydrogen) atoms. The molecule has 2 aromatic carbocycles. The number of para-hydroxylation sites is 2. The molecule has 9 nitrogen and oxygen atoms in total. The summed E-state index contributed by atoms with van der Waals surface area (Å²) in [7, 11) is 0. The number of aromatic nitrogens is 3. The highest BCUT2D eigenvalue weighted by molar-refractivity contribution is 6.05. The molecule has 0 saturated carbocycles. The summed E-state index contributed by atoms with van der Waals surface area (Å²) in [5.74, 6) is 1.15. The number of carbonyl (C=O) groups excluding carboxylic acids is 2. The monoisotopic (exact) mass is 469 g/mol. The number of fused-ring (bicyclic) bond motifs is 1. The van der Waals surface area contributed by atoms with Crippen molar-refractivity contribution in [2.45, 2.75) is 26.9 Å². The SMILES string of the molecule is Cc1occc1C(=O)Nc1cccc(-c2nc(CNC(=O)Cn3cnc4ccccc43)c(C)o2)c1. The van der Waals surface area contributed by atoms with Crippen LogP contribution in [0.5, 0.6) is 0 Å². The summed E-state index contributed by atoms with van der Waals surface area (Å²) in [6.07, 6.45) is 3.14. The van der Waals surface area contributed by atoms with E-state index < -0.39 is 0 Å². The first-order valence-corrected chi connectivity index (χ1v) is 11.1. The number of imidazole rings is 1. The van der Waals surface area contributed by atoms with Crippen molar-refractivity contribution in [3.63, 3.8) is 0 Å². The molecule has 5 aromatic rings. The third-order valence-electron chi connectivity index (χ3n) is 5.66. The molecule has 2 N–H and O–H groups in total. The number of amides is 2. The number of rotatable bonds is 7. The second kappa shape index (κ2) is 9.30. The standard InChI is InChI=1S/C26H23N5O4/c1-16-20(10-11-34-16)25(33)29-19-7-5-6-18(12-19)26-30-22(17(2)35-26)13-27-24(32)14-31-15-28-21-8-3-4-9-23(21)31/h3-12,15H,13-14H2,1-2H3,(H,27,32)(H,29,33). The molecular weight excluding hydrogens is 446 g/mol. The molecule has 0 aliphatic carbocycles. The molecule has 2 amide bonds. The number of carbonyl (C=O) groups is 2. The van der Waals surface area contributed by atoms with Gasteiger partial charge in [-0.3, -0.25) is 9.59 Å². The second-order valence-corrected chi connectivity index (χ2v) is 8.09. The Morgan fingerprint density at radius 2 is 1.89 bits per heavy atom. The van der Waals surface area contributed by atoms with Crippen LogP contribution in [0, 0.1) is 13.8 Å². The maximum Gasteiger partial charge on any atom is 0.259 e. The lowest BCUT2D eigenvalue weighted by Gasteiger charge is -2.06. The highest BCUT2D eigenvalue weighted by Crippen LogP contribution is 2.25. The molecule has 0 radical (unpaired) electrons. The van der Waals surface area contributed by atoms with Crippen LogP contribution in [0.15, 0.2) is 76.0 Å². The minimum absolute atomic E-state index is 0.155. The first-order chi connectivity index (χ1) is 17.0. The molecule has 0 atom stereocenters. The van der Waals surface area contributed by atoms with Gasteiger partial charge in [-0.2, -0.15) is 0 Å². The first kappa shape index (κ1) is 22.1. The number of hydrogen-bond donors (Lipinski definition) is 2. The molecular formula is C26H23N5O4. The summed E-state index contributed by atoms with van der Waals surface area (Å²) in [5.41, 5.74) is 4.16. The van der Waals surface area contributed by atoms with Crippen molar-refractivity contribution < 1.29 is 18.4 Å². The van der Waals surface area contributed by atoms with Crippen LogP contribution in [-0.4, -0.2) is 26.3 Å². The van der Waals surface area contributed by atoms with E-state index in [9.17, 15) is 9.59 Å². The van der Waals surface area contributed by atoms with Crippen molar-refractivity contribution in [1.82, 2.24) is 19.9 Å². The lowest BCUT2D eigenvalue weighted by molar-refractivity contribution is -0.121. The minimum Gasteiger partial charge on any atom is -0.469 e. The summed E-state index contributed by atoms with van der Waals surface area (Å²) in [6, 6.07) is 16.5. The Morgan fingerprint density at radius 3 is 2.71 bits per heavy atom. The van der Waals surface area contributed by atoms with Crippen LogP contribution in [-0.2, 0) is 17.9 Å². The first-order valence-electron chi connectivity index (χ1n) is 11.1. The van der Waals surface area contributed by atoms with Gasteiger partial charge in [0.25, 0.3) is 5.91 Å². The number of furan rings is 1. The predicted molar refractivity (Wildman–Crippen MR) is 130 cm³/mol. The number of oxazole rings is 1. The largest absolute Gasteiger partial charge is 0.469 e. The smallest absolute Gasteiger partial charge is 0.259 e. The maximum atomic E-state index is 12.5. The van der Waals surface area contributed by atoms with Crippen molar-refractivity contribution in [3.05, 3.63) is 90.0 Å². The van der Waals surface area contributed by atoms with E-state index in [4.69, 9.17) is 8.83 Å². The van der Waals surface area contributed by atoms with Crippen molar-refractivity contribution in [2.75, 3.05) is 5.32 Å². The van der Waals surface area contributed by atoms with Crippen molar-refractivity contribution in [1.29, 1.82) is 0 Å². The molecule has 3 aromatic heterocycles. The average Bonchev–Trinajstić information content (AvgIpc) is 3.57. The van der Waals surface area contributed by atoms with E-state index in [0.717, 1.165) is 11.0 Å². The Morgan fingerprint density at radius 1 is 1.03 bits per heavy atom. The summed E-state index contributed by atoms with van der Waals surface area (Å²) >= 11 is 0. The van der Waals surface area contributed by atoms with Crippen LogP contribution in [0.3, 0.4) is 0 Å². The van der Waals surface area contributed by atoms with Gasteiger partial charge in [0.1, 0.15) is 23.8 Å². The quantitative estimate of drug-likeness (QED) is 0.363. The Hall–Kier alpha value is -4.66. The van der Waals surface area contributed by atoms with E-state index >= 15 is 0 Å². The summed E-state index contributed by atoms with van der Waals surface area (Å²) < 4.78 is 12.8. The van der Waals surface area contributed by atoms with Gasteiger partial charge in [0, 0.05) is 11.3 Å². The Balaban J connectivity index is 1.24. The van der Waals surface area contributed by atoms with Crippen LogP contribution in [0.25, 0.3) is 22.5 Å². The van der Waals surface area contributed by atoms with Gasteiger partial charge in [0.05, 0.1) is 35.7 Å². The zero-order valence-electron chi connectivity index (χ0n) is 19.2. The van der Waals surface area contributed by atoms with Gasteiger partial charge < -0.3 is 24.0 Å². The molecule has 0 spiro atoms. The summed E-state index contributed by atoms with van der Waals surface area (Å²) in [4.78, 5) is 33.9. The molecule has 5 rings (SSSR count). The Labute approximate surface area is 200 Å². The van der Waals surface area contributed by atoms with Gasteiger partial charge in [-0.25, -0.2) is 9.97 Å². The summed E-state index contributed by atoms with van der Waals surface area (Å²) in [5, 5.41) is 5.75. The second-order valence-electron chi connectivity index (χ2n) is 8.09. The molecule has 9 heteroatoms. The third kappa shape index (κ3) is 4.70. The van der Waals surface area contributed by atoms with Crippen LogP contribution in [0.4, 0.5) is 5.69 Å². The van der Waals surface area contributed by atoms with Crippen LogP contribution < -0.4 is 10.6 Å². The van der Waals surface area contributed by atoms with E-state index in [1.807, 2.05) is 36.4 Å². The van der Waals surface area contributed by atoms with Gasteiger partial charge >= 0.3 is 0 Å². The number of hydrogen-bond acceptors (Lipinski definition) is 6. The zero-order valence-corrected chi connectivity index (χ0v) is 19.2. The number of nitrogens with one attached hydrogen (secondary N) is 2. The number of nitrogens with zero attached hydrogens (tertiary/aromatic N) is 3. The fraction of sp³-hybridized carbons (Fsp3) is 0.154. The van der Waals surface area contributed by atoms with E-state index in [2.05, 4.69) is 20.6 Å². The third-order valence-corrected chi connectivity index (χ3v) is 5.66. The van der Waals surface area contributed by atoms with Crippen LogP contribution in [0.1, 0.15) is 27.6 Å². The zero-order chi connectivity index (χ0) is 24.4. The molecule has 0 saturated heterocycles. The Bertz CT molecular complexity index is 1530. The lowest BCUT2D eigenvalue weighted by atomic mass is 10.2. The lowest BCUT2D eigenvalue weighted by Crippen LogP contribution is -2.27. The van der Waals surface area contributed by atoms with Crippen LogP contribution >= 0.6 is 0 Å². The van der Waals surface area contributed by atoms with Gasteiger partial charge in [-0.05, 0) is 50.2 Å². The van der Waals surface area contributed by atoms with Gasteiger partial charge in [0.2, 0.25) is 11.8 Å². The Kier molecular flexibility index (Phi) is 5.88. The van der Waals surface area contributed by atoms with Crippen molar-refractivity contribution >= 4 is 28.5 Å². The maximum absolute atomic E-state index is 12.5. The molecule has 3 heterocycles. The molecule has 176 valence electrons. The molecule has 0 aliphatic heterocycles. The van der Waals surface area contributed by atoms with E-state index in [1.165, 1.54) is 6.26 Å². The van der Waals surface area contributed by atoms with Gasteiger partial charge in [-0.15, -0.1) is 0 Å². The number of anilines is 1. The fourth-order valence-electron chi connectivity index (χ4n) is 3.79.